The molecule has 1 fully saturated rings. The van der Waals surface area contributed by atoms with Gasteiger partial charge in [-0.25, -0.2) is 0 Å². The highest BCUT2D eigenvalue weighted by molar-refractivity contribution is 4.99. The Labute approximate surface area is 70.0 Å². The Morgan fingerprint density at radius 3 is 2.64 bits per heavy atom. The van der Waals surface area contributed by atoms with Crippen LogP contribution in [0.5, 0.6) is 0 Å². The molecule has 0 bridgehead atoms. The standard InChI is InChI=1S/C11H18/c1-4-6-7-10(5-2)11-8-9(11)3/h4-6,9-11H,2,7-8H2,1,3H3. The number of rotatable bonds is 4. The molecule has 0 nitrogen and oxygen atoms in total. The molecule has 0 saturated heterocycles. The fourth-order valence-corrected chi connectivity index (χ4v) is 1.69. The van der Waals surface area contributed by atoms with Crippen LogP contribution in [0.1, 0.15) is 26.7 Å². The van der Waals surface area contributed by atoms with E-state index in [0.29, 0.717) is 0 Å². The molecule has 1 aliphatic rings. The largest absolute Gasteiger partial charge is 0.103 e. The summed E-state index contributed by atoms with van der Waals surface area (Å²) in [4.78, 5) is 0. The lowest BCUT2D eigenvalue weighted by Crippen LogP contribution is -1.97. The van der Waals surface area contributed by atoms with Crippen molar-refractivity contribution in [2.24, 2.45) is 17.8 Å². The summed E-state index contributed by atoms with van der Waals surface area (Å²) in [5.74, 6) is 2.62. The zero-order valence-electron chi connectivity index (χ0n) is 7.59. The van der Waals surface area contributed by atoms with E-state index in [1.807, 2.05) is 0 Å². The summed E-state index contributed by atoms with van der Waals surface area (Å²) < 4.78 is 0. The minimum absolute atomic E-state index is 0.737. The van der Waals surface area contributed by atoms with Crippen LogP contribution >= 0.6 is 0 Å². The Morgan fingerprint density at radius 1 is 1.64 bits per heavy atom. The van der Waals surface area contributed by atoms with Crippen molar-refractivity contribution in [1.82, 2.24) is 0 Å². The van der Waals surface area contributed by atoms with Crippen LogP contribution in [0.25, 0.3) is 0 Å². The second-order valence-electron chi connectivity index (χ2n) is 3.58. The number of allylic oxidation sites excluding steroid dienone is 3. The third-order valence-electron chi connectivity index (χ3n) is 2.67. The Balaban J connectivity index is 2.31. The summed E-state index contributed by atoms with van der Waals surface area (Å²) >= 11 is 0. The first-order valence-corrected chi connectivity index (χ1v) is 4.53. The Bertz CT molecular complexity index is 155. The van der Waals surface area contributed by atoms with Gasteiger partial charge in [-0.15, -0.1) is 6.58 Å². The third kappa shape index (κ3) is 2.21. The molecule has 1 rings (SSSR count). The number of hydrogen-bond acceptors (Lipinski definition) is 0. The molecule has 0 spiro atoms. The maximum absolute atomic E-state index is 3.88. The van der Waals surface area contributed by atoms with Crippen molar-refractivity contribution in [2.45, 2.75) is 26.7 Å². The van der Waals surface area contributed by atoms with Gasteiger partial charge >= 0.3 is 0 Å². The highest BCUT2D eigenvalue weighted by Crippen LogP contribution is 2.45. The van der Waals surface area contributed by atoms with Gasteiger partial charge in [0, 0.05) is 0 Å². The van der Waals surface area contributed by atoms with Crippen molar-refractivity contribution in [3.8, 4) is 0 Å². The minimum atomic E-state index is 0.737. The number of hydrogen-bond donors (Lipinski definition) is 0. The van der Waals surface area contributed by atoms with Crippen LogP contribution in [0.2, 0.25) is 0 Å². The van der Waals surface area contributed by atoms with Gasteiger partial charge in [-0.2, -0.15) is 0 Å². The highest BCUT2D eigenvalue weighted by atomic mass is 14.4. The van der Waals surface area contributed by atoms with Crippen molar-refractivity contribution in [2.75, 3.05) is 0 Å². The molecule has 0 aromatic carbocycles. The molecule has 0 heteroatoms. The van der Waals surface area contributed by atoms with Gasteiger partial charge in [-0.1, -0.05) is 25.2 Å². The Hall–Kier alpha value is -0.520. The molecule has 0 heterocycles. The molecule has 11 heavy (non-hydrogen) atoms. The summed E-state index contributed by atoms with van der Waals surface area (Å²) in [6.07, 6.45) is 9.10. The van der Waals surface area contributed by atoms with Crippen molar-refractivity contribution in [3.05, 3.63) is 24.8 Å². The monoisotopic (exact) mass is 150 g/mol. The van der Waals surface area contributed by atoms with E-state index in [1.165, 1.54) is 12.8 Å². The fraction of sp³-hybridized carbons (Fsp3) is 0.636. The van der Waals surface area contributed by atoms with E-state index in [1.54, 1.807) is 0 Å². The average Bonchev–Trinajstić information content (AvgIpc) is 2.69. The quantitative estimate of drug-likeness (QED) is 0.539. The maximum Gasteiger partial charge on any atom is -0.0171 e. The van der Waals surface area contributed by atoms with Crippen molar-refractivity contribution in [3.63, 3.8) is 0 Å². The second kappa shape index (κ2) is 3.75. The van der Waals surface area contributed by atoms with Crippen LogP contribution in [0.4, 0.5) is 0 Å². The van der Waals surface area contributed by atoms with E-state index >= 15 is 0 Å². The van der Waals surface area contributed by atoms with Gasteiger partial charge in [0.2, 0.25) is 0 Å². The van der Waals surface area contributed by atoms with Crippen LogP contribution in [-0.4, -0.2) is 0 Å². The summed E-state index contributed by atoms with van der Waals surface area (Å²) in [6, 6.07) is 0. The molecular formula is C11H18. The molecule has 3 atom stereocenters. The van der Waals surface area contributed by atoms with Gasteiger partial charge in [0.25, 0.3) is 0 Å². The van der Waals surface area contributed by atoms with E-state index in [0.717, 1.165) is 17.8 Å². The lowest BCUT2D eigenvalue weighted by Gasteiger charge is -2.07. The fourth-order valence-electron chi connectivity index (χ4n) is 1.69. The van der Waals surface area contributed by atoms with Gasteiger partial charge in [-0.3, -0.25) is 0 Å². The lowest BCUT2D eigenvalue weighted by atomic mass is 9.98. The average molecular weight is 150 g/mol. The summed E-state index contributed by atoms with van der Waals surface area (Å²) in [5.41, 5.74) is 0. The zero-order chi connectivity index (χ0) is 8.27. The molecule has 0 aromatic heterocycles. The minimum Gasteiger partial charge on any atom is -0.103 e. The van der Waals surface area contributed by atoms with Crippen LogP contribution in [0, 0.1) is 17.8 Å². The van der Waals surface area contributed by atoms with E-state index < -0.39 is 0 Å². The Morgan fingerprint density at radius 2 is 2.27 bits per heavy atom. The SMILES string of the molecule is C=CC(CC=CC)C1CC1C. The first-order valence-electron chi connectivity index (χ1n) is 4.53. The zero-order valence-corrected chi connectivity index (χ0v) is 7.59. The molecule has 1 saturated carbocycles. The summed E-state index contributed by atoms with van der Waals surface area (Å²) in [6.45, 7) is 8.29. The van der Waals surface area contributed by atoms with Gasteiger partial charge in [-0.05, 0) is 37.5 Å². The van der Waals surface area contributed by atoms with Gasteiger partial charge in [0.1, 0.15) is 0 Å². The molecule has 62 valence electrons. The van der Waals surface area contributed by atoms with Crippen LogP contribution in [-0.2, 0) is 0 Å². The first-order chi connectivity index (χ1) is 5.29. The summed E-state index contributed by atoms with van der Waals surface area (Å²) in [5, 5.41) is 0. The van der Waals surface area contributed by atoms with Crippen molar-refractivity contribution in [1.29, 1.82) is 0 Å². The van der Waals surface area contributed by atoms with Crippen molar-refractivity contribution >= 4 is 0 Å². The first kappa shape index (κ1) is 8.58. The molecule has 0 amide bonds. The van der Waals surface area contributed by atoms with E-state index in [-0.39, 0.29) is 0 Å². The molecule has 1 aliphatic carbocycles. The third-order valence-corrected chi connectivity index (χ3v) is 2.67. The van der Waals surface area contributed by atoms with Gasteiger partial charge in [0.15, 0.2) is 0 Å². The smallest absolute Gasteiger partial charge is 0.0171 e. The lowest BCUT2D eigenvalue weighted by molar-refractivity contribution is 0.545. The Kier molecular flexibility index (Phi) is 2.92. The topological polar surface area (TPSA) is 0 Å². The molecule has 0 radical (unpaired) electrons. The summed E-state index contributed by atoms with van der Waals surface area (Å²) in [7, 11) is 0. The van der Waals surface area contributed by atoms with E-state index in [9.17, 15) is 0 Å². The van der Waals surface area contributed by atoms with Gasteiger partial charge < -0.3 is 0 Å². The molecule has 0 aromatic rings. The molecule has 0 aliphatic heterocycles. The predicted molar refractivity (Wildman–Crippen MR) is 50.4 cm³/mol. The second-order valence-corrected chi connectivity index (χ2v) is 3.58. The van der Waals surface area contributed by atoms with Gasteiger partial charge in [0.05, 0.1) is 0 Å². The molecular weight excluding hydrogens is 132 g/mol. The van der Waals surface area contributed by atoms with E-state index in [4.69, 9.17) is 0 Å². The van der Waals surface area contributed by atoms with Crippen molar-refractivity contribution < 1.29 is 0 Å². The van der Waals surface area contributed by atoms with Crippen LogP contribution in [0.15, 0.2) is 24.8 Å². The molecule has 0 N–H and O–H groups in total. The normalized spacial score (nSPS) is 32.2. The highest BCUT2D eigenvalue weighted by Gasteiger charge is 2.36. The van der Waals surface area contributed by atoms with E-state index in [2.05, 4.69) is 38.7 Å². The molecule has 3 unspecified atom stereocenters. The van der Waals surface area contributed by atoms with Crippen LogP contribution in [0.3, 0.4) is 0 Å². The van der Waals surface area contributed by atoms with Crippen LogP contribution < -0.4 is 0 Å². The predicted octanol–water partition coefficient (Wildman–Crippen LogP) is 3.41. The maximum atomic E-state index is 3.88.